The van der Waals surface area contributed by atoms with Gasteiger partial charge in [-0.05, 0) is 23.3 Å². The molecule has 1 aliphatic heterocycles. The highest BCUT2D eigenvalue weighted by Crippen LogP contribution is 2.29. The predicted octanol–water partition coefficient (Wildman–Crippen LogP) is 1.49. The zero-order valence-corrected chi connectivity index (χ0v) is 9.31. The van der Waals surface area contributed by atoms with Crippen LogP contribution in [0.5, 0.6) is 5.75 Å². The third-order valence-corrected chi connectivity index (χ3v) is 3.23. The van der Waals surface area contributed by atoms with Crippen molar-refractivity contribution in [1.82, 2.24) is 0 Å². The third-order valence-electron chi connectivity index (χ3n) is 2.24. The molecule has 0 amide bonds. The molecule has 4 nitrogen and oxygen atoms in total. The van der Waals surface area contributed by atoms with Gasteiger partial charge in [-0.3, -0.25) is 0 Å². The van der Waals surface area contributed by atoms with Gasteiger partial charge in [0.1, 0.15) is 5.75 Å². The van der Waals surface area contributed by atoms with Crippen molar-refractivity contribution in [3.05, 3.63) is 28.8 Å². The monoisotopic (exact) mass is 248 g/mol. The molecule has 0 bridgehead atoms. The highest BCUT2D eigenvalue weighted by atomic mass is 35.7. The maximum Gasteiger partial charge on any atom is 0.236 e. The standard InChI is InChI=1S/C9H9ClO4S/c10-15(12,13)5-8-1-6-3-14-4-7(6)2-9(8)11/h1-2,11H,3-5H2. The average Bonchev–Trinajstić information content (AvgIpc) is 2.49. The molecule has 15 heavy (non-hydrogen) atoms. The van der Waals surface area contributed by atoms with Crippen molar-refractivity contribution in [2.45, 2.75) is 19.0 Å². The van der Waals surface area contributed by atoms with E-state index in [1.807, 2.05) is 0 Å². The lowest BCUT2D eigenvalue weighted by Crippen LogP contribution is -1.97. The van der Waals surface area contributed by atoms with E-state index in [0.29, 0.717) is 18.8 Å². The van der Waals surface area contributed by atoms with Crippen LogP contribution in [0.4, 0.5) is 0 Å². The van der Waals surface area contributed by atoms with E-state index in [1.165, 1.54) is 6.07 Å². The molecule has 1 N–H and O–H groups in total. The second-order valence-electron chi connectivity index (χ2n) is 3.43. The van der Waals surface area contributed by atoms with Gasteiger partial charge in [-0.1, -0.05) is 0 Å². The Bertz CT molecular complexity index is 495. The lowest BCUT2D eigenvalue weighted by atomic mass is 10.1. The van der Waals surface area contributed by atoms with E-state index in [2.05, 4.69) is 0 Å². The van der Waals surface area contributed by atoms with Gasteiger partial charge in [0.15, 0.2) is 0 Å². The third kappa shape index (κ3) is 2.42. The quantitative estimate of drug-likeness (QED) is 0.806. The van der Waals surface area contributed by atoms with E-state index < -0.39 is 9.05 Å². The number of phenolic OH excluding ortho intramolecular Hbond substituents is 1. The summed E-state index contributed by atoms with van der Waals surface area (Å²) < 4.78 is 26.9. The predicted molar refractivity (Wildman–Crippen MR) is 55.1 cm³/mol. The van der Waals surface area contributed by atoms with Crippen LogP contribution in [-0.4, -0.2) is 13.5 Å². The number of hydrogen-bond acceptors (Lipinski definition) is 4. The van der Waals surface area contributed by atoms with Crippen LogP contribution in [0, 0.1) is 0 Å². The van der Waals surface area contributed by atoms with Crippen LogP contribution in [-0.2, 0) is 32.8 Å². The summed E-state index contributed by atoms with van der Waals surface area (Å²) in [5.41, 5.74) is 2.11. The van der Waals surface area contributed by atoms with Gasteiger partial charge in [-0.25, -0.2) is 8.42 Å². The van der Waals surface area contributed by atoms with Crippen LogP contribution >= 0.6 is 10.7 Å². The molecule has 0 fully saturated rings. The first-order valence-corrected chi connectivity index (χ1v) is 6.77. The zero-order chi connectivity index (χ0) is 11.1. The van der Waals surface area contributed by atoms with Crippen molar-refractivity contribution in [3.63, 3.8) is 0 Å². The summed E-state index contributed by atoms with van der Waals surface area (Å²) in [7, 11) is 1.47. The van der Waals surface area contributed by atoms with Gasteiger partial charge in [0.05, 0.1) is 19.0 Å². The molecule has 1 heterocycles. The summed E-state index contributed by atoms with van der Waals surface area (Å²) in [5, 5.41) is 9.56. The highest BCUT2D eigenvalue weighted by molar-refractivity contribution is 8.13. The number of rotatable bonds is 2. The van der Waals surface area contributed by atoms with Crippen LogP contribution in [0.3, 0.4) is 0 Å². The number of fused-ring (bicyclic) bond motifs is 1. The van der Waals surface area contributed by atoms with E-state index in [1.54, 1.807) is 6.07 Å². The van der Waals surface area contributed by atoms with Crippen molar-refractivity contribution >= 4 is 19.7 Å². The molecular weight excluding hydrogens is 240 g/mol. The van der Waals surface area contributed by atoms with E-state index >= 15 is 0 Å². The number of phenols is 1. The largest absolute Gasteiger partial charge is 0.508 e. The second kappa shape index (κ2) is 3.66. The number of halogens is 1. The summed E-state index contributed by atoms with van der Waals surface area (Å²) in [6, 6.07) is 3.15. The normalized spacial score (nSPS) is 15.3. The first-order chi connectivity index (χ1) is 6.96. The summed E-state index contributed by atoms with van der Waals surface area (Å²) >= 11 is 0. The summed E-state index contributed by atoms with van der Waals surface area (Å²) in [6.07, 6.45) is 0. The van der Waals surface area contributed by atoms with Crippen molar-refractivity contribution in [2.24, 2.45) is 0 Å². The summed E-state index contributed by atoms with van der Waals surface area (Å²) in [4.78, 5) is 0. The Labute approximate surface area is 91.9 Å². The number of ether oxygens (including phenoxy) is 1. The van der Waals surface area contributed by atoms with Gasteiger partial charge in [-0.2, -0.15) is 0 Å². The maximum atomic E-state index is 10.9. The molecule has 0 atom stereocenters. The van der Waals surface area contributed by atoms with Crippen LogP contribution < -0.4 is 0 Å². The molecule has 0 saturated heterocycles. The molecule has 0 radical (unpaired) electrons. The first kappa shape index (κ1) is 10.7. The van der Waals surface area contributed by atoms with Crippen molar-refractivity contribution < 1.29 is 18.3 Å². The summed E-state index contributed by atoms with van der Waals surface area (Å²) in [6.45, 7) is 0.905. The second-order valence-corrected chi connectivity index (χ2v) is 6.20. The first-order valence-electron chi connectivity index (χ1n) is 4.29. The van der Waals surface area contributed by atoms with Crippen LogP contribution in [0.25, 0.3) is 0 Å². The van der Waals surface area contributed by atoms with Gasteiger partial charge in [0.2, 0.25) is 9.05 Å². The van der Waals surface area contributed by atoms with E-state index in [9.17, 15) is 13.5 Å². The molecule has 0 spiro atoms. The van der Waals surface area contributed by atoms with Crippen molar-refractivity contribution in [3.8, 4) is 5.75 Å². The Morgan fingerprint density at radius 3 is 2.53 bits per heavy atom. The fourth-order valence-electron chi connectivity index (χ4n) is 1.57. The minimum absolute atomic E-state index is 0.0523. The number of aromatic hydroxyl groups is 1. The van der Waals surface area contributed by atoms with E-state index in [0.717, 1.165) is 11.1 Å². The van der Waals surface area contributed by atoms with Crippen molar-refractivity contribution in [2.75, 3.05) is 0 Å². The zero-order valence-electron chi connectivity index (χ0n) is 7.73. The van der Waals surface area contributed by atoms with Crippen LogP contribution in [0.1, 0.15) is 16.7 Å². The highest BCUT2D eigenvalue weighted by Gasteiger charge is 2.17. The van der Waals surface area contributed by atoms with E-state index in [4.69, 9.17) is 15.4 Å². The molecule has 0 saturated carbocycles. The molecule has 82 valence electrons. The number of hydrogen-bond donors (Lipinski definition) is 1. The fourth-order valence-corrected chi connectivity index (χ4v) is 2.52. The Hall–Kier alpha value is -0.780. The average molecular weight is 249 g/mol. The lowest BCUT2D eigenvalue weighted by Gasteiger charge is -2.05. The minimum Gasteiger partial charge on any atom is -0.508 e. The molecule has 1 aliphatic rings. The molecule has 0 unspecified atom stereocenters. The molecule has 0 aliphatic carbocycles. The van der Waals surface area contributed by atoms with Gasteiger partial charge in [-0.15, -0.1) is 0 Å². The smallest absolute Gasteiger partial charge is 0.236 e. The lowest BCUT2D eigenvalue weighted by molar-refractivity contribution is 0.134. The van der Waals surface area contributed by atoms with Gasteiger partial charge in [0, 0.05) is 16.2 Å². The fraction of sp³-hybridized carbons (Fsp3) is 0.333. The van der Waals surface area contributed by atoms with Crippen LogP contribution in [0.2, 0.25) is 0 Å². The van der Waals surface area contributed by atoms with E-state index in [-0.39, 0.29) is 11.5 Å². The number of benzene rings is 1. The molecule has 2 rings (SSSR count). The Morgan fingerprint density at radius 2 is 1.93 bits per heavy atom. The topological polar surface area (TPSA) is 63.6 Å². The molecule has 0 aromatic heterocycles. The van der Waals surface area contributed by atoms with Gasteiger partial charge in [0.25, 0.3) is 0 Å². The SMILES string of the molecule is O=S(=O)(Cl)Cc1cc2c(cc1O)COC2. The molecule has 6 heteroatoms. The van der Waals surface area contributed by atoms with Gasteiger partial charge < -0.3 is 9.84 Å². The molecular formula is C9H9ClO4S. The molecule has 1 aromatic rings. The molecule has 1 aromatic carbocycles. The van der Waals surface area contributed by atoms with Crippen molar-refractivity contribution in [1.29, 1.82) is 0 Å². The Kier molecular flexibility index (Phi) is 2.62. The van der Waals surface area contributed by atoms with Gasteiger partial charge >= 0.3 is 0 Å². The van der Waals surface area contributed by atoms with Crippen LogP contribution in [0.15, 0.2) is 12.1 Å². The maximum absolute atomic E-state index is 10.9. The minimum atomic E-state index is -3.65. The summed E-state index contributed by atoms with van der Waals surface area (Å²) in [5.74, 6) is -0.420. The Morgan fingerprint density at radius 1 is 1.33 bits per heavy atom. The Balaban J connectivity index is 2.41.